The number of primary amides is 1. The topological polar surface area (TPSA) is 85.4 Å². The fraction of sp³-hybridized carbons (Fsp3) is 0.312. The number of urea groups is 1. The second-order valence-electron chi connectivity index (χ2n) is 11.1. The number of anilines is 1. The maximum Gasteiger partial charge on any atom is 0.416 e. The summed E-state index contributed by atoms with van der Waals surface area (Å²) in [4.78, 5) is 13.5. The van der Waals surface area contributed by atoms with Crippen LogP contribution < -0.4 is 15.8 Å². The van der Waals surface area contributed by atoms with E-state index in [-0.39, 0.29) is 5.02 Å². The van der Waals surface area contributed by atoms with Crippen LogP contribution in [-0.4, -0.2) is 33.9 Å². The molecule has 0 saturated carbocycles. The number of rotatable bonds is 8. The maximum absolute atomic E-state index is 13.2. The van der Waals surface area contributed by atoms with Gasteiger partial charge in [0.1, 0.15) is 11.4 Å². The van der Waals surface area contributed by atoms with E-state index in [1.54, 1.807) is 12.1 Å². The first-order valence-electron chi connectivity index (χ1n) is 14.0. The number of amides is 2. The number of para-hydroxylation sites is 1. The van der Waals surface area contributed by atoms with Crippen LogP contribution in [0, 0.1) is 12.8 Å². The molecule has 4 aromatic rings. The Morgan fingerprint density at radius 3 is 2.53 bits per heavy atom. The summed E-state index contributed by atoms with van der Waals surface area (Å²) in [6, 6.07) is 16.1. The van der Waals surface area contributed by atoms with Gasteiger partial charge in [-0.15, -0.1) is 0 Å². The molecule has 226 valence electrons. The zero-order chi connectivity index (χ0) is 30.9. The van der Waals surface area contributed by atoms with Crippen molar-refractivity contribution >= 4 is 23.3 Å². The summed E-state index contributed by atoms with van der Waals surface area (Å²) >= 11 is 6.31. The van der Waals surface area contributed by atoms with Gasteiger partial charge in [-0.3, -0.25) is 4.90 Å². The molecule has 11 heteroatoms. The summed E-state index contributed by atoms with van der Waals surface area (Å²) in [5.74, 6) is 1.05. The molecule has 0 bridgehead atoms. The maximum atomic E-state index is 13.2. The van der Waals surface area contributed by atoms with Crippen LogP contribution >= 0.6 is 11.6 Å². The minimum Gasteiger partial charge on any atom is -0.491 e. The number of nitrogens with zero attached hydrogens (tertiary/aromatic N) is 3. The number of hydrogen-bond acceptors (Lipinski definition) is 4. The largest absolute Gasteiger partial charge is 0.491 e. The Labute approximate surface area is 253 Å². The standard InChI is InChI=1S/C32H33ClF3N5O2/c1-19(2)18-43-28-6-4-5-20(3)29(28)41-30(21-8-11-24(12-9-21)38-31(37)42)25-17-40(14-13-27(25)39-41)16-22-7-10-23(15-26(22)33)32(34,35)36/h4-12,15,19H,13-14,16-18H2,1-3H3,(H3,37,38,42). The van der Waals surface area contributed by atoms with Gasteiger partial charge in [-0.2, -0.15) is 18.3 Å². The van der Waals surface area contributed by atoms with E-state index >= 15 is 0 Å². The van der Waals surface area contributed by atoms with Gasteiger partial charge in [-0.1, -0.05) is 55.8 Å². The van der Waals surface area contributed by atoms with Gasteiger partial charge in [0, 0.05) is 47.9 Å². The Morgan fingerprint density at radius 1 is 1.14 bits per heavy atom. The molecule has 3 N–H and O–H groups in total. The Hall–Kier alpha value is -4.02. The van der Waals surface area contributed by atoms with Crippen molar-refractivity contribution in [1.29, 1.82) is 0 Å². The Morgan fingerprint density at radius 2 is 1.88 bits per heavy atom. The number of ether oxygens (including phenoxy) is 1. The summed E-state index contributed by atoms with van der Waals surface area (Å²) < 4.78 is 47.7. The van der Waals surface area contributed by atoms with Crippen LogP contribution in [0.3, 0.4) is 0 Å². The van der Waals surface area contributed by atoms with E-state index in [0.717, 1.165) is 51.6 Å². The minimum absolute atomic E-state index is 0.0842. The molecule has 0 saturated heterocycles. The Bertz CT molecular complexity index is 1630. The van der Waals surface area contributed by atoms with Crippen LogP contribution in [0.4, 0.5) is 23.7 Å². The van der Waals surface area contributed by atoms with Crippen molar-refractivity contribution in [2.75, 3.05) is 18.5 Å². The van der Waals surface area contributed by atoms with Crippen LogP contribution in [0.2, 0.25) is 5.02 Å². The monoisotopic (exact) mass is 611 g/mol. The lowest BCUT2D eigenvalue weighted by atomic mass is 9.99. The highest BCUT2D eigenvalue weighted by molar-refractivity contribution is 6.31. The van der Waals surface area contributed by atoms with Crippen molar-refractivity contribution in [3.05, 3.63) is 93.6 Å². The number of aryl methyl sites for hydroxylation is 1. The fourth-order valence-corrected chi connectivity index (χ4v) is 5.49. The van der Waals surface area contributed by atoms with E-state index in [0.29, 0.717) is 49.8 Å². The average Bonchev–Trinajstić information content (AvgIpc) is 3.30. The molecule has 43 heavy (non-hydrogen) atoms. The smallest absolute Gasteiger partial charge is 0.416 e. The minimum atomic E-state index is -4.46. The highest BCUT2D eigenvalue weighted by Gasteiger charge is 2.32. The molecule has 2 heterocycles. The third-order valence-corrected chi connectivity index (χ3v) is 7.65. The van der Waals surface area contributed by atoms with Crippen molar-refractivity contribution in [2.45, 2.75) is 46.5 Å². The van der Waals surface area contributed by atoms with Crippen molar-refractivity contribution in [2.24, 2.45) is 11.7 Å². The molecule has 1 aliphatic rings. The lowest BCUT2D eigenvalue weighted by molar-refractivity contribution is -0.137. The number of aromatic nitrogens is 2. The molecule has 1 aliphatic heterocycles. The predicted octanol–water partition coefficient (Wildman–Crippen LogP) is 7.60. The summed E-state index contributed by atoms with van der Waals surface area (Å²) in [6.07, 6.45) is -3.82. The van der Waals surface area contributed by atoms with Crippen LogP contribution in [0.5, 0.6) is 5.75 Å². The third kappa shape index (κ3) is 6.81. The highest BCUT2D eigenvalue weighted by atomic mass is 35.5. The number of nitrogens with two attached hydrogens (primary N) is 1. The number of carbonyl (C=O) groups is 1. The normalized spacial score (nSPS) is 13.7. The molecular formula is C32H33ClF3N5O2. The number of fused-ring (bicyclic) bond motifs is 1. The average molecular weight is 612 g/mol. The van der Waals surface area contributed by atoms with E-state index in [1.165, 1.54) is 6.07 Å². The molecule has 0 fully saturated rings. The van der Waals surface area contributed by atoms with Crippen LogP contribution in [0.1, 0.15) is 41.8 Å². The molecule has 2 amide bonds. The number of hydrogen-bond donors (Lipinski definition) is 2. The van der Waals surface area contributed by atoms with E-state index in [1.807, 2.05) is 41.9 Å². The van der Waals surface area contributed by atoms with Crippen molar-refractivity contribution < 1.29 is 22.7 Å². The molecular weight excluding hydrogens is 579 g/mol. The quantitative estimate of drug-likeness (QED) is 0.215. The van der Waals surface area contributed by atoms with E-state index in [2.05, 4.69) is 24.1 Å². The molecule has 5 rings (SSSR count). The molecule has 0 spiro atoms. The molecule has 0 radical (unpaired) electrons. The summed E-state index contributed by atoms with van der Waals surface area (Å²) in [5.41, 5.74) is 11.2. The Kier molecular flexibility index (Phi) is 8.71. The van der Waals surface area contributed by atoms with Gasteiger partial charge in [-0.05, 0) is 54.3 Å². The molecule has 0 atom stereocenters. The number of halogens is 4. The van der Waals surface area contributed by atoms with Crippen molar-refractivity contribution in [1.82, 2.24) is 14.7 Å². The second kappa shape index (κ2) is 12.3. The van der Waals surface area contributed by atoms with Gasteiger partial charge in [0.05, 0.1) is 23.6 Å². The second-order valence-corrected chi connectivity index (χ2v) is 11.6. The highest BCUT2D eigenvalue weighted by Crippen LogP contribution is 2.38. The van der Waals surface area contributed by atoms with Crippen LogP contribution in [0.25, 0.3) is 16.9 Å². The zero-order valence-electron chi connectivity index (χ0n) is 24.1. The zero-order valence-corrected chi connectivity index (χ0v) is 24.9. The van der Waals surface area contributed by atoms with Gasteiger partial charge >= 0.3 is 12.2 Å². The van der Waals surface area contributed by atoms with Gasteiger partial charge in [0.25, 0.3) is 0 Å². The molecule has 0 aliphatic carbocycles. The third-order valence-electron chi connectivity index (χ3n) is 7.30. The molecule has 1 aromatic heterocycles. The van der Waals surface area contributed by atoms with Gasteiger partial charge in [-0.25, -0.2) is 9.48 Å². The van der Waals surface area contributed by atoms with Crippen molar-refractivity contribution in [3.8, 4) is 22.7 Å². The summed E-state index contributed by atoms with van der Waals surface area (Å²) in [7, 11) is 0. The van der Waals surface area contributed by atoms with Gasteiger partial charge < -0.3 is 15.8 Å². The summed E-state index contributed by atoms with van der Waals surface area (Å²) in [5, 5.41) is 7.76. The predicted molar refractivity (Wildman–Crippen MR) is 162 cm³/mol. The molecule has 7 nitrogen and oxygen atoms in total. The number of benzene rings is 3. The van der Waals surface area contributed by atoms with Gasteiger partial charge in [0.15, 0.2) is 0 Å². The van der Waals surface area contributed by atoms with E-state index in [9.17, 15) is 18.0 Å². The van der Waals surface area contributed by atoms with Gasteiger partial charge in [0.2, 0.25) is 0 Å². The van der Waals surface area contributed by atoms with E-state index in [4.69, 9.17) is 27.2 Å². The number of alkyl halides is 3. The SMILES string of the molecule is Cc1cccc(OCC(C)C)c1-n1nc2c(c1-c1ccc(NC(N)=O)cc1)CN(Cc1ccc(C(F)(F)F)cc1Cl)CC2. The van der Waals surface area contributed by atoms with E-state index < -0.39 is 17.8 Å². The van der Waals surface area contributed by atoms with Crippen LogP contribution in [0.15, 0.2) is 60.7 Å². The fourth-order valence-electron chi connectivity index (χ4n) is 5.25. The van der Waals surface area contributed by atoms with Crippen LogP contribution in [-0.2, 0) is 25.7 Å². The molecule has 3 aromatic carbocycles. The molecule has 0 unspecified atom stereocenters. The lowest BCUT2D eigenvalue weighted by Gasteiger charge is -2.27. The lowest BCUT2D eigenvalue weighted by Crippen LogP contribution is -2.30. The van der Waals surface area contributed by atoms with Crippen molar-refractivity contribution in [3.63, 3.8) is 0 Å². The first-order valence-corrected chi connectivity index (χ1v) is 14.4. The Balaban J connectivity index is 1.56. The first kappa shape index (κ1) is 30.4. The number of nitrogens with one attached hydrogen (secondary N) is 1. The first-order chi connectivity index (χ1) is 20.4. The number of carbonyl (C=O) groups excluding carboxylic acids is 1. The summed E-state index contributed by atoms with van der Waals surface area (Å²) in [6.45, 7) is 8.29.